The molecule has 9 nitrogen and oxygen atoms in total. The molecule has 0 fully saturated rings. The summed E-state index contributed by atoms with van der Waals surface area (Å²) in [5, 5.41) is 27.3. The van der Waals surface area contributed by atoms with Gasteiger partial charge in [0.1, 0.15) is 18.1 Å². The van der Waals surface area contributed by atoms with Crippen LogP contribution in [0.3, 0.4) is 0 Å². The number of amides is 1. The standard InChI is InChI=1S/C20H22N6O3/c1-22-19(20(28)23-11-13-4-3-5-18(27)25-13)16-10-15(6-7-17(16)21)29-12-14-8-9-24-26(14)2/h3-10,21-22H,11-12H2,1-2H3,(H,23,28)(H,25,27)/b19-16-,21-17?. The highest BCUT2D eigenvalue weighted by molar-refractivity contribution is 6.14. The number of rotatable bonds is 7. The van der Waals surface area contributed by atoms with Crippen molar-refractivity contribution in [3.63, 3.8) is 0 Å². The van der Waals surface area contributed by atoms with Crippen molar-refractivity contribution in [3.8, 4) is 5.88 Å². The minimum absolute atomic E-state index is 0.110. The van der Waals surface area contributed by atoms with Crippen molar-refractivity contribution >= 4 is 11.6 Å². The predicted octanol–water partition coefficient (Wildman–Crippen LogP) is 1.30. The van der Waals surface area contributed by atoms with E-state index in [0.29, 0.717) is 23.6 Å². The molecule has 0 aliphatic heterocycles. The summed E-state index contributed by atoms with van der Waals surface area (Å²) < 4.78 is 7.51. The van der Waals surface area contributed by atoms with Crippen LogP contribution in [0.4, 0.5) is 0 Å². The van der Waals surface area contributed by atoms with Gasteiger partial charge in [-0.25, -0.2) is 4.98 Å². The van der Waals surface area contributed by atoms with Crippen LogP contribution in [-0.4, -0.2) is 38.5 Å². The highest BCUT2D eigenvalue weighted by Crippen LogP contribution is 2.18. The van der Waals surface area contributed by atoms with Gasteiger partial charge >= 0.3 is 0 Å². The molecular weight excluding hydrogens is 372 g/mol. The van der Waals surface area contributed by atoms with Gasteiger partial charge in [-0.1, -0.05) is 6.07 Å². The lowest BCUT2D eigenvalue weighted by molar-refractivity contribution is -0.118. The fourth-order valence-corrected chi connectivity index (χ4v) is 2.72. The van der Waals surface area contributed by atoms with Crippen molar-refractivity contribution in [2.24, 2.45) is 7.05 Å². The number of allylic oxidation sites excluding steroid dienone is 4. The molecule has 1 amide bonds. The molecule has 0 saturated carbocycles. The molecule has 150 valence electrons. The number of nitrogens with one attached hydrogen (secondary N) is 3. The zero-order valence-corrected chi connectivity index (χ0v) is 16.1. The Morgan fingerprint density at radius 2 is 2.14 bits per heavy atom. The van der Waals surface area contributed by atoms with Gasteiger partial charge in [0, 0.05) is 31.9 Å². The smallest absolute Gasteiger partial charge is 0.268 e. The largest absolute Gasteiger partial charge is 0.493 e. The number of likely N-dealkylation sites (N-methyl/N-ethyl adjacent to an activating group) is 1. The molecule has 1 aliphatic carbocycles. The highest BCUT2D eigenvalue weighted by Gasteiger charge is 2.19. The number of hydrogen-bond acceptors (Lipinski definition) is 7. The number of aromatic nitrogens is 3. The molecule has 2 aromatic rings. The van der Waals surface area contributed by atoms with Crippen LogP contribution in [-0.2, 0) is 29.7 Å². The Morgan fingerprint density at radius 3 is 2.83 bits per heavy atom. The van der Waals surface area contributed by atoms with Gasteiger partial charge in [-0.05, 0) is 30.4 Å². The van der Waals surface area contributed by atoms with Crippen LogP contribution >= 0.6 is 0 Å². The highest BCUT2D eigenvalue weighted by atomic mass is 16.5. The lowest BCUT2D eigenvalue weighted by Crippen LogP contribution is -2.32. The minimum atomic E-state index is -0.394. The van der Waals surface area contributed by atoms with Crippen LogP contribution in [0.5, 0.6) is 5.88 Å². The summed E-state index contributed by atoms with van der Waals surface area (Å²) in [7, 11) is 3.44. The Kier molecular flexibility index (Phi) is 6.08. The van der Waals surface area contributed by atoms with Crippen LogP contribution in [0.25, 0.3) is 0 Å². The second kappa shape index (κ2) is 8.87. The molecule has 0 spiro atoms. The first-order valence-corrected chi connectivity index (χ1v) is 8.91. The van der Waals surface area contributed by atoms with E-state index in [9.17, 15) is 9.90 Å². The molecule has 0 bridgehead atoms. The van der Waals surface area contributed by atoms with E-state index in [0.717, 1.165) is 5.69 Å². The average Bonchev–Trinajstić information content (AvgIpc) is 3.12. The number of aromatic hydroxyl groups is 1. The minimum Gasteiger partial charge on any atom is -0.493 e. The molecule has 0 radical (unpaired) electrons. The van der Waals surface area contributed by atoms with Crippen molar-refractivity contribution < 1.29 is 14.6 Å². The van der Waals surface area contributed by atoms with Gasteiger partial charge in [0.15, 0.2) is 0 Å². The van der Waals surface area contributed by atoms with Gasteiger partial charge in [0.25, 0.3) is 5.91 Å². The topological polar surface area (TPSA) is 125 Å². The molecule has 9 heteroatoms. The molecule has 2 aromatic heterocycles. The van der Waals surface area contributed by atoms with Crippen molar-refractivity contribution in [1.29, 1.82) is 5.41 Å². The van der Waals surface area contributed by atoms with Crippen molar-refractivity contribution in [2.75, 3.05) is 7.05 Å². The summed E-state index contributed by atoms with van der Waals surface area (Å²) in [6.07, 6.45) is 6.60. The summed E-state index contributed by atoms with van der Waals surface area (Å²) in [6.45, 7) is 0.458. The second-order valence-electron chi connectivity index (χ2n) is 6.24. The van der Waals surface area contributed by atoms with Crippen LogP contribution in [0.2, 0.25) is 0 Å². The van der Waals surface area contributed by atoms with E-state index in [1.807, 2.05) is 13.1 Å². The zero-order valence-electron chi connectivity index (χ0n) is 16.1. The average molecular weight is 394 g/mol. The Bertz CT molecular complexity index is 1020. The molecule has 2 heterocycles. The molecule has 1 aliphatic rings. The number of carbonyl (C=O) groups excluding carboxylic acids is 1. The van der Waals surface area contributed by atoms with Crippen LogP contribution in [0.15, 0.2) is 65.7 Å². The third-order valence-corrected chi connectivity index (χ3v) is 4.27. The predicted molar refractivity (Wildman–Crippen MR) is 107 cm³/mol. The van der Waals surface area contributed by atoms with Crippen molar-refractivity contribution in [3.05, 3.63) is 77.1 Å². The van der Waals surface area contributed by atoms with Crippen molar-refractivity contribution in [2.45, 2.75) is 13.2 Å². The number of nitrogens with zero attached hydrogens (tertiary/aromatic N) is 3. The van der Waals surface area contributed by atoms with E-state index in [1.165, 1.54) is 6.07 Å². The van der Waals surface area contributed by atoms with Gasteiger partial charge in [0.2, 0.25) is 5.88 Å². The van der Waals surface area contributed by atoms with Crippen molar-refractivity contribution in [1.82, 2.24) is 25.4 Å². The normalized spacial score (nSPS) is 15.0. The molecule has 4 N–H and O–H groups in total. The summed E-state index contributed by atoms with van der Waals surface area (Å²) in [6, 6.07) is 6.66. The lowest BCUT2D eigenvalue weighted by Gasteiger charge is -2.16. The number of pyridine rings is 1. The van der Waals surface area contributed by atoms with Crippen LogP contribution in [0, 0.1) is 5.41 Å². The Balaban J connectivity index is 1.74. The van der Waals surface area contributed by atoms with Crippen LogP contribution < -0.4 is 10.6 Å². The maximum Gasteiger partial charge on any atom is 0.268 e. The third kappa shape index (κ3) is 4.89. The quantitative estimate of drug-likeness (QED) is 0.525. The van der Waals surface area contributed by atoms with E-state index >= 15 is 0 Å². The number of carbonyl (C=O) groups is 1. The first-order valence-electron chi connectivity index (χ1n) is 8.91. The molecule has 0 saturated heterocycles. The third-order valence-electron chi connectivity index (χ3n) is 4.27. The van der Waals surface area contributed by atoms with Gasteiger partial charge in [-0.15, -0.1) is 0 Å². The molecule has 0 aromatic carbocycles. The number of ether oxygens (including phenoxy) is 1. The Hall–Kier alpha value is -3.88. The first kappa shape index (κ1) is 19.9. The number of aryl methyl sites for hydroxylation is 1. The summed E-state index contributed by atoms with van der Waals surface area (Å²) in [5.74, 6) is 0.0311. The zero-order chi connectivity index (χ0) is 20.8. The van der Waals surface area contributed by atoms with Crippen LogP contribution in [0.1, 0.15) is 11.4 Å². The molecular formula is C20H22N6O3. The van der Waals surface area contributed by atoms with E-state index < -0.39 is 5.91 Å². The first-order chi connectivity index (χ1) is 14.0. The SMILES string of the molecule is CN/C(C(=O)NCc1cccc(O)n1)=C1/C=C(OCc2ccnn2C)C=CC1=N. The van der Waals surface area contributed by atoms with E-state index in [4.69, 9.17) is 10.1 Å². The Labute approximate surface area is 167 Å². The van der Waals surface area contributed by atoms with E-state index in [2.05, 4.69) is 20.7 Å². The molecule has 0 unspecified atom stereocenters. The maximum absolute atomic E-state index is 12.6. The van der Waals surface area contributed by atoms with Gasteiger partial charge in [-0.3, -0.25) is 9.48 Å². The summed E-state index contributed by atoms with van der Waals surface area (Å²) in [5.41, 5.74) is 2.26. The molecule has 0 atom stereocenters. The van der Waals surface area contributed by atoms with Gasteiger partial charge < -0.3 is 25.9 Å². The van der Waals surface area contributed by atoms with Gasteiger partial charge in [-0.2, -0.15) is 5.10 Å². The van der Waals surface area contributed by atoms with Gasteiger partial charge in [0.05, 0.1) is 23.6 Å². The summed E-state index contributed by atoms with van der Waals surface area (Å²) >= 11 is 0. The van der Waals surface area contributed by atoms with E-state index in [-0.39, 0.29) is 23.8 Å². The number of hydrogen-bond donors (Lipinski definition) is 4. The summed E-state index contributed by atoms with van der Waals surface area (Å²) in [4.78, 5) is 16.6. The second-order valence-corrected chi connectivity index (χ2v) is 6.24. The van der Waals surface area contributed by atoms with E-state index in [1.54, 1.807) is 48.3 Å². The molecule has 29 heavy (non-hydrogen) atoms. The maximum atomic E-state index is 12.6. The molecule has 3 rings (SSSR count). The lowest BCUT2D eigenvalue weighted by atomic mass is 10.0. The fourth-order valence-electron chi connectivity index (χ4n) is 2.72. The fraction of sp³-hybridized carbons (Fsp3) is 0.200. The monoisotopic (exact) mass is 394 g/mol. The Morgan fingerprint density at radius 1 is 1.31 bits per heavy atom.